The van der Waals surface area contributed by atoms with E-state index in [0.717, 1.165) is 35.8 Å². The van der Waals surface area contributed by atoms with E-state index < -0.39 is 15.9 Å². The zero-order valence-corrected chi connectivity index (χ0v) is 45.5. The van der Waals surface area contributed by atoms with Crippen molar-refractivity contribution in [1.82, 2.24) is 0 Å². The van der Waals surface area contributed by atoms with Crippen LogP contribution in [0.3, 0.4) is 0 Å². The van der Waals surface area contributed by atoms with Crippen molar-refractivity contribution in [3.05, 3.63) is 151 Å². The number of phenols is 1. The lowest BCUT2D eigenvalue weighted by molar-refractivity contribution is -0.187. The van der Waals surface area contributed by atoms with Gasteiger partial charge in [-0.15, -0.1) is 0 Å². The minimum Gasteiger partial charge on any atom is -0.748 e. The van der Waals surface area contributed by atoms with E-state index in [-0.39, 0.29) is 47.5 Å². The molecule has 2 bridgehead atoms. The molecule has 8 nitrogen and oxygen atoms in total. The van der Waals surface area contributed by atoms with Crippen LogP contribution in [0.1, 0.15) is 143 Å². The SMILES string of the molecule is CCC(C)C(=O)OCCCS(=O)(=O)[O-].CCC(C)c1ccc(O)cc1.CCC(C)c1ccc(OC(OC2CC3CC2C2CCCC32)C(C)(C)C)cc1.c1ccc([S+](c2ccccc2)c2ccccc2)cc1. The highest BCUT2D eigenvalue weighted by molar-refractivity contribution is 7.97. The fraction of sp³-hybridized carbons (Fsp3) is 0.492. The van der Waals surface area contributed by atoms with Crippen molar-refractivity contribution in [2.45, 2.75) is 159 Å². The van der Waals surface area contributed by atoms with Gasteiger partial charge in [0.15, 0.2) is 14.7 Å². The standard InChI is InChI=1S/C25H38O2.C18H15S.C10H14O.C8H16O5S/c1-6-16(2)17-10-12-19(13-11-17)26-24(25(3,4)5)27-23-15-18-14-22(23)21-9-7-8-20(18)21;1-4-10-16(11-5-1)19(17-12-6-2-7-13-17)18-14-8-3-9-15-18;1-3-8(2)9-4-6-10(11)7-5-9;1-3-7(2)8(9)13-5-4-6-14(10,11)12/h10-13,16,18,20-24H,6-9,14-15H2,1-5H3;1-15H;4-8,11H,3H2,1-2H3;7H,3-6H2,1-2H3,(H,10,11,12)/q;+1;;/p-1. The Morgan fingerprint density at radius 2 is 1.15 bits per heavy atom. The molecule has 0 aliphatic heterocycles. The van der Waals surface area contributed by atoms with Crippen LogP contribution in [0.4, 0.5) is 0 Å². The Balaban J connectivity index is 0.000000187. The summed E-state index contributed by atoms with van der Waals surface area (Å²) in [5.74, 6) is 5.10. The van der Waals surface area contributed by atoms with Gasteiger partial charge in [-0.05, 0) is 159 Å². The van der Waals surface area contributed by atoms with Gasteiger partial charge in [-0.2, -0.15) is 0 Å². The van der Waals surface area contributed by atoms with Gasteiger partial charge in [0.2, 0.25) is 6.29 Å². The van der Waals surface area contributed by atoms with Crippen LogP contribution in [0, 0.1) is 35.0 Å². The molecule has 3 aliphatic carbocycles. The number of ether oxygens (including phenoxy) is 3. The maximum Gasteiger partial charge on any atom is 0.308 e. The molecule has 1 N–H and O–H groups in total. The molecule has 3 saturated carbocycles. The summed E-state index contributed by atoms with van der Waals surface area (Å²) in [6.45, 7) is 19.1. The first-order chi connectivity index (χ1) is 33.9. The average Bonchev–Trinajstić information content (AvgIpc) is 4.12. The minimum atomic E-state index is -4.19. The summed E-state index contributed by atoms with van der Waals surface area (Å²) in [5, 5.41) is 9.01. The van der Waals surface area contributed by atoms with Crippen molar-refractivity contribution in [2.24, 2.45) is 35.0 Å². The van der Waals surface area contributed by atoms with E-state index in [1.54, 1.807) is 19.1 Å². The third kappa shape index (κ3) is 17.8. The zero-order valence-electron chi connectivity index (χ0n) is 43.9. The number of esters is 1. The van der Waals surface area contributed by atoms with Crippen LogP contribution in [0.25, 0.3) is 0 Å². The maximum absolute atomic E-state index is 11.0. The van der Waals surface area contributed by atoms with E-state index in [9.17, 15) is 17.8 Å². The van der Waals surface area contributed by atoms with Gasteiger partial charge in [-0.25, -0.2) is 8.42 Å². The van der Waals surface area contributed by atoms with Crippen molar-refractivity contribution in [1.29, 1.82) is 0 Å². The van der Waals surface area contributed by atoms with Crippen molar-refractivity contribution >= 4 is 27.0 Å². The van der Waals surface area contributed by atoms with Crippen LogP contribution in [-0.4, -0.2) is 48.8 Å². The Bertz CT molecular complexity index is 2300. The molecule has 9 unspecified atom stereocenters. The van der Waals surface area contributed by atoms with Gasteiger partial charge in [-0.1, -0.05) is 148 Å². The van der Waals surface area contributed by atoms with Gasteiger partial charge in [0.05, 0.1) is 39.6 Å². The fourth-order valence-corrected chi connectivity index (χ4v) is 12.4. The largest absolute Gasteiger partial charge is 0.748 e. The number of carbonyl (C=O) groups excluding carboxylic acids is 1. The smallest absolute Gasteiger partial charge is 0.308 e. The molecule has 9 atom stereocenters. The lowest BCUT2D eigenvalue weighted by Gasteiger charge is -2.38. The lowest BCUT2D eigenvalue weighted by atomic mass is 9.80. The number of hydrogen-bond acceptors (Lipinski definition) is 8. The average molecular weight is 1010 g/mol. The van der Waals surface area contributed by atoms with Crippen LogP contribution in [0.2, 0.25) is 0 Å². The number of fused-ring (bicyclic) bond motifs is 5. The van der Waals surface area contributed by atoms with Gasteiger partial charge in [0, 0.05) is 11.2 Å². The zero-order chi connectivity index (χ0) is 51.6. The number of carbonyl (C=O) groups is 1. The molecule has 0 amide bonds. The van der Waals surface area contributed by atoms with E-state index in [0.29, 0.717) is 30.1 Å². The van der Waals surface area contributed by atoms with E-state index in [2.05, 4.69) is 164 Å². The lowest BCUT2D eigenvalue weighted by Crippen LogP contribution is -2.41. The molecular formula is C61H82O8S2. The van der Waals surface area contributed by atoms with Crippen LogP contribution in [-0.2, 0) is 35.3 Å². The van der Waals surface area contributed by atoms with E-state index in [1.807, 2.05) is 19.1 Å². The summed E-state index contributed by atoms with van der Waals surface area (Å²) < 4.78 is 48.4. The maximum atomic E-state index is 11.0. The Hall–Kier alpha value is -4.61. The summed E-state index contributed by atoms with van der Waals surface area (Å²) >= 11 is 0. The molecule has 0 saturated heterocycles. The van der Waals surface area contributed by atoms with E-state index in [1.165, 1.54) is 64.3 Å². The molecule has 0 spiro atoms. The molecular weight excluding hydrogens is 925 g/mol. The number of rotatable bonds is 17. The van der Waals surface area contributed by atoms with Gasteiger partial charge < -0.3 is 23.9 Å². The van der Waals surface area contributed by atoms with Gasteiger partial charge >= 0.3 is 5.97 Å². The molecule has 3 fully saturated rings. The Morgan fingerprint density at radius 3 is 1.61 bits per heavy atom. The molecule has 386 valence electrons. The fourth-order valence-electron chi connectivity index (χ4n) is 9.80. The highest BCUT2D eigenvalue weighted by Gasteiger charge is 2.55. The summed E-state index contributed by atoms with van der Waals surface area (Å²) in [5.41, 5.74) is 2.65. The number of benzene rings is 5. The third-order valence-electron chi connectivity index (χ3n) is 14.5. The molecule has 5 aromatic rings. The van der Waals surface area contributed by atoms with Crippen LogP contribution in [0.15, 0.2) is 154 Å². The van der Waals surface area contributed by atoms with Crippen LogP contribution < -0.4 is 4.74 Å². The molecule has 3 aliphatic rings. The predicted octanol–water partition coefficient (Wildman–Crippen LogP) is 15.0. The first-order valence-corrected chi connectivity index (χ1v) is 28.9. The topological polar surface area (TPSA) is 122 Å². The second-order valence-electron chi connectivity index (χ2n) is 20.8. The summed E-state index contributed by atoms with van der Waals surface area (Å²) in [6.07, 6.45) is 10.3. The summed E-state index contributed by atoms with van der Waals surface area (Å²) in [6, 6.07) is 48.2. The highest BCUT2D eigenvalue weighted by Crippen LogP contribution is 2.60. The minimum absolute atomic E-state index is 0.00928. The quantitative estimate of drug-likeness (QED) is 0.0321. The van der Waals surface area contributed by atoms with Crippen LogP contribution in [0.5, 0.6) is 11.5 Å². The summed E-state index contributed by atoms with van der Waals surface area (Å²) in [4.78, 5) is 15.1. The molecule has 8 rings (SSSR count). The number of aromatic hydroxyl groups is 1. The first-order valence-electron chi connectivity index (χ1n) is 26.1. The highest BCUT2D eigenvalue weighted by atomic mass is 32.2. The van der Waals surface area contributed by atoms with Crippen molar-refractivity contribution < 1.29 is 37.1 Å². The van der Waals surface area contributed by atoms with Gasteiger partial charge in [0.25, 0.3) is 0 Å². The van der Waals surface area contributed by atoms with Gasteiger partial charge in [0.1, 0.15) is 11.5 Å². The molecule has 0 aromatic heterocycles. The molecule has 10 heteroatoms. The molecule has 5 aromatic carbocycles. The molecule has 0 radical (unpaired) electrons. The van der Waals surface area contributed by atoms with Crippen molar-refractivity contribution in [3.63, 3.8) is 0 Å². The second kappa shape index (κ2) is 28.0. The third-order valence-corrected chi connectivity index (χ3v) is 17.5. The Morgan fingerprint density at radius 1 is 0.676 bits per heavy atom. The van der Waals surface area contributed by atoms with Crippen LogP contribution >= 0.6 is 0 Å². The number of phenolic OH excluding ortho intramolecular Hbond substituents is 1. The van der Waals surface area contributed by atoms with Crippen molar-refractivity contribution in [2.75, 3.05) is 12.4 Å². The second-order valence-corrected chi connectivity index (χ2v) is 24.3. The molecule has 71 heavy (non-hydrogen) atoms. The van der Waals surface area contributed by atoms with Crippen molar-refractivity contribution in [3.8, 4) is 11.5 Å². The van der Waals surface area contributed by atoms with Gasteiger partial charge in [-0.3, -0.25) is 4.79 Å². The Kier molecular flexibility index (Phi) is 22.6. The molecule has 0 heterocycles. The van der Waals surface area contributed by atoms with E-state index >= 15 is 0 Å². The summed E-state index contributed by atoms with van der Waals surface area (Å²) in [7, 11) is -4.20. The monoisotopic (exact) mass is 1010 g/mol. The normalized spacial score (nSPS) is 20.6. The first kappa shape index (κ1) is 57.3. The number of hydrogen-bond donors (Lipinski definition) is 1. The predicted molar refractivity (Wildman–Crippen MR) is 289 cm³/mol. The van der Waals surface area contributed by atoms with E-state index in [4.69, 9.17) is 19.3 Å². The Labute approximate surface area is 430 Å².